The van der Waals surface area contributed by atoms with Gasteiger partial charge in [0.1, 0.15) is 16.7 Å². The van der Waals surface area contributed by atoms with E-state index in [9.17, 15) is 14.4 Å². The normalized spacial score (nSPS) is 15.9. The molecule has 0 radical (unpaired) electrons. The van der Waals surface area contributed by atoms with Crippen molar-refractivity contribution < 1.29 is 23.9 Å². The van der Waals surface area contributed by atoms with Crippen molar-refractivity contribution in [1.82, 2.24) is 14.6 Å². The van der Waals surface area contributed by atoms with Gasteiger partial charge in [-0.05, 0) is 53.5 Å². The number of rotatable bonds is 10. The lowest BCUT2D eigenvalue weighted by Gasteiger charge is -2.31. The molecule has 1 aromatic carbocycles. The molecule has 1 fully saturated rings. The van der Waals surface area contributed by atoms with Crippen molar-refractivity contribution in [3.8, 4) is 5.75 Å². The molecule has 0 aliphatic carbocycles. The van der Waals surface area contributed by atoms with Crippen LogP contribution in [0.3, 0.4) is 0 Å². The maximum Gasteiger partial charge on any atom is 0.270 e. The first-order valence-corrected chi connectivity index (χ1v) is 13.0. The van der Waals surface area contributed by atoms with Gasteiger partial charge in [-0.3, -0.25) is 14.4 Å². The molecule has 0 saturated carbocycles. The molecule has 36 heavy (non-hydrogen) atoms. The molecule has 5 N–H and O–H groups in total. The minimum Gasteiger partial charge on any atom is -0.497 e. The van der Waals surface area contributed by atoms with E-state index in [0.717, 1.165) is 29.3 Å². The van der Waals surface area contributed by atoms with Crippen LogP contribution in [-0.4, -0.2) is 53.4 Å². The van der Waals surface area contributed by atoms with Gasteiger partial charge in [0.25, 0.3) is 11.8 Å². The number of nitrogens with two attached hydrogens (primary N) is 2. The molecule has 10 nitrogen and oxygen atoms in total. The highest BCUT2D eigenvalue weighted by atomic mass is 32.1. The zero-order valence-corrected chi connectivity index (χ0v) is 21.3. The van der Waals surface area contributed by atoms with E-state index in [4.69, 9.17) is 20.9 Å². The van der Waals surface area contributed by atoms with E-state index in [-0.39, 0.29) is 34.8 Å². The summed E-state index contributed by atoms with van der Waals surface area (Å²) in [5.41, 5.74) is 11.8. The average molecular weight is 530 g/mol. The molecule has 1 saturated heterocycles. The number of ether oxygens (including phenoxy) is 2. The first-order valence-electron chi connectivity index (χ1n) is 11.3. The highest BCUT2D eigenvalue weighted by Crippen LogP contribution is 2.31. The number of carbonyl (C=O) groups is 3. The SMILES string of the molecule is COc1ccc([C@@H](C(=O)NC[C@@H]2CCCO2)N(Cc2cccs2)C(=O)c2snc(C(N)=O)c2N)cc1. The highest BCUT2D eigenvalue weighted by molar-refractivity contribution is 7.10. The van der Waals surface area contributed by atoms with Crippen LogP contribution in [0.4, 0.5) is 5.69 Å². The number of hydrogen-bond acceptors (Lipinski definition) is 9. The van der Waals surface area contributed by atoms with Crippen LogP contribution in [0.1, 0.15) is 49.5 Å². The molecule has 2 aromatic heterocycles. The number of nitrogens with one attached hydrogen (secondary N) is 1. The maximum atomic E-state index is 13.9. The summed E-state index contributed by atoms with van der Waals surface area (Å²) in [7, 11) is 1.55. The zero-order valence-electron chi connectivity index (χ0n) is 19.6. The number of hydrogen-bond donors (Lipinski definition) is 3. The fourth-order valence-corrected chi connectivity index (χ4v) is 5.45. The van der Waals surface area contributed by atoms with Crippen LogP contribution in [0.5, 0.6) is 5.75 Å². The van der Waals surface area contributed by atoms with Crippen molar-refractivity contribution in [2.45, 2.75) is 31.5 Å². The van der Waals surface area contributed by atoms with E-state index >= 15 is 0 Å². The van der Waals surface area contributed by atoms with Gasteiger partial charge in [0.05, 0.1) is 25.4 Å². The highest BCUT2D eigenvalue weighted by Gasteiger charge is 2.35. The van der Waals surface area contributed by atoms with E-state index in [2.05, 4.69) is 9.69 Å². The van der Waals surface area contributed by atoms with Crippen LogP contribution in [0.15, 0.2) is 41.8 Å². The number of methoxy groups -OCH3 is 1. The quantitative estimate of drug-likeness (QED) is 0.365. The molecule has 3 amide bonds. The lowest BCUT2D eigenvalue weighted by Crippen LogP contribution is -2.45. The summed E-state index contributed by atoms with van der Waals surface area (Å²) in [6, 6.07) is 9.71. The van der Waals surface area contributed by atoms with Crippen LogP contribution < -0.4 is 21.5 Å². The molecule has 1 aliphatic rings. The number of thiophene rings is 1. The zero-order chi connectivity index (χ0) is 25.7. The molecule has 0 bridgehead atoms. The number of amides is 3. The first-order chi connectivity index (χ1) is 17.4. The molecule has 2 atom stereocenters. The van der Waals surface area contributed by atoms with Crippen molar-refractivity contribution in [3.63, 3.8) is 0 Å². The number of carbonyl (C=O) groups excluding carboxylic acids is 3. The van der Waals surface area contributed by atoms with E-state index in [1.807, 2.05) is 17.5 Å². The van der Waals surface area contributed by atoms with Crippen molar-refractivity contribution in [2.24, 2.45) is 5.73 Å². The Hall–Kier alpha value is -3.48. The molecule has 4 rings (SSSR count). The van der Waals surface area contributed by atoms with Crippen molar-refractivity contribution >= 4 is 46.3 Å². The number of primary amides is 1. The monoisotopic (exact) mass is 529 g/mol. The van der Waals surface area contributed by atoms with Crippen molar-refractivity contribution in [1.29, 1.82) is 0 Å². The lowest BCUT2D eigenvalue weighted by atomic mass is 10.0. The standard InChI is InChI=1S/C24H27N5O5S2/c1-33-15-8-6-14(7-9-15)20(23(31)27-12-16-4-2-10-34-16)29(13-17-5-3-11-35-17)24(32)21-18(25)19(22(26)30)28-36-21/h3,5-9,11,16,20H,2,4,10,12-13,25H2,1H3,(H2,26,30)(H,27,31)/t16-,20-/m0/s1. The summed E-state index contributed by atoms with van der Waals surface area (Å²) in [6.45, 7) is 1.14. The molecule has 0 spiro atoms. The van der Waals surface area contributed by atoms with Gasteiger partial charge in [-0.25, -0.2) is 0 Å². The number of aromatic nitrogens is 1. The second kappa shape index (κ2) is 11.5. The summed E-state index contributed by atoms with van der Waals surface area (Å²) in [5.74, 6) is -1.10. The molecule has 0 unspecified atom stereocenters. The Balaban J connectivity index is 1.73. The lowest BCUT2D eigenvalue weighted by molar-refractivity contribution is -0.126. The summed E-state index contributed by atoms with van der Waals surface area (Å²) in [5, 5.41) is 4.85. The van der Waals surface area contributed by atoms with E-state index in [1.165, 1.54) is 16.2 Å². The second-order valence-electron chi connectivity index (χ2n) is 8.21. The minimum atomic E-state index is -0.995. The Kier molecular flexibility index (Phi) is 8.18. The molecule has 3 aromatic rings. The maximum absolute atomic E-state index is 13.9. The van der Waals surface area contributed by atoms with Crippen molar-refractivity contribution in [3.05, 3.63) is 62.8 Å². The third kappa shape index (κ3) is 5.66. The van der Waals surface area contributed by atoms with Gasteiger partial charge in [0, 0.05) is 18.0 Å². The molecule has 1 aliphatic heterocycles. The van der Waals surface area contributed by atoms with Crippen molar-refractivity contribution in [2.75, 3.05) is 26.0 Å². The van der Waals surface area contributed by atoms with Gasteiger partial charge >= 0.3 is 0 Å². The fraction of sp³-hybridized carbons (Fsp3) is 0.333. The predicted molar refractivity (Wildman–Crippen MR) is 137 cm³/mol. The minimum absolute atomic E-state index is 0.0470. The average Bonchev–Trinajstić information content (AvgIpc) is 3.65. The Morgan fingerprint density at radius 1 is 1.28 bits per heavy atom. The van der Waals surface area contributed by atoms with E-state index in [1.54, 1.807) is 31.4 Å². The number of benzene rings is 1. The van der Waals surface area contributed by atoms with Crippen LogP contribution in [-0.2, 0) is 16.1 Å². The van der Waals surface area contributed by atoms with Gasteiger partial charge in [-0.2, -0.15) is 4.37 Å². The van der Waals surface area contributed by atoms with Gasteiger partial charge in [-0.1, -0.05) is 18.2 Å². The van der Waals surface area contributed by atoms with Gasteiger partial charge in [-0.15, -0.1) is 11.3 Å². The van der Waals surface area contributed by atoms with Gasteiger partial charge in [0.15, 0.2) is 5.69 Å². The topological polar surface area (TPSA) is 150 Å². The predicted octanol–water partition coefficient (Wildman–Crippen LogP) is 2.57. The number of nitrogens with zero attached hydrogens (tertiary/aromatic N) is 2. The Bertz CT molecular complexity index is 1210. The third-order valence-corrected chi connectivity index (χ3v) is 7.55. The summed E-state index contributed by atoms with van der Waals surface area (Å²) >= 11 is 2.24. The van der Waals surface area contributed by atoms with Crippen LogP contribution in [0, 0.1) is 0 Å². The Labute approximate surface area is 216 Å². The van der Waals surface area contributed by atoms with Crippen LogP contribution in [0.25, 0.3) is 0 Å². The second-order valence-corrected chi connectivity index (χ2v) is 10.0. The third-order valence-electron chi connectivity index (χ3n) is 5.84. The smallest absolute Gasteiger partial charge is 0.270 e. The van der Waals surface area contributed by atoms with Gasteiger partial charge in [0.2, 0.25) is 5.91 Å². The first kappa shape index (κ1) is 25.6. The van der Waals surface area contributed by atoms with Crippen LogP contribution >= 0.6 is 22.9 Å². The van der Waals surface area contributed by atoms with E-state index < -0.39 is 17.9 Å². The molecular formula is C24H27N5O5S2. The molecule has 190 valence electrons. The summed E-state index contributed by atoms with van der Waals surface area (Å²) in [6.07, 6.45) is 1.74. The Morgan fingerprint density at radius 3 is 2.64 bits per heavy atom. The summed E-state index contributed by atoms with van der Waals surface area (Å²) in [4.78, 5) is 41.6. The molecular weight excluding hydrogens is 502 g/mol. The van der Waals surface area contributed by atoms with Crippen LogP contribution in [0.2, 0.25) is 0 Å². The number of anilines is 1. The summed E-state index contributed by atoms with van der Waals surface area (Å²) < 4.78 is 14.9. The fourth-order valence-electron chi connectivity index (χ4n) is 3.99. The molecule has 12 heteroatoms. The van der Waals surface area contributed by atoms with E-state index in [0.29, 0.717) is 24.5 Å². The number of nitrogen functional groups attached to an aromatic ring is 1. The molecule has 3 heterocycles. The largest absolute Gasteiger partial charge is 0.497 e. The van der Waals surface area contributed by atoms with Gasteiger partial charge < -0.3 is 31.2 Å². The Morgan fingerprint density at radius 2 is 2.06 bits per heavy atom.